The van der Waals surface area contributed by atoms with Crippen molar-refractivity contribution >= 4 is 0 Å². The van der Waals surface area contributed by atoms with Crippen LogP contribution in [0.4, 0.5) is 0 Å². The van der Waals surface area contributed by atoms with E-state index >= 15 is 0 Å². The highest BCUT2D eigenvalue weighted by molar-refractivity contribution is 5.19. The molecule has 0 amide bonds. The first kappa shape index (κ1) is 9.82. The van der Waals surface area contributed by atoms with Crippen molar-refractivity contribution in [1.29, 1.82) is 0 Å². The van der Waals surface area contributed by atoms with Gasteiger partial charge in [-0.05, 0) is 18.8 Å². The molecule has 3 rings (SSSR count). The molecule has 1 saturated heterocycles. The fraction of sp³-hybridized carbons (Fsp3) is 0.833. The molecule has 0 radical (unpaired) electrons. The van der Waals surface area contributed by atoms with Crippen molar-refractivity contribution in [2.75, 3.05) is 26.9 Å². The van der Waals surface area contributed by atoms with Crippen LogP contribution in [0.2, 0.25) is 0 Å². The number of hydrogen-bond acceptors (Lipinski definition) is 3. The predicted octanol–water partition coefficient (Wildman–Crippen LogP) is 1.73. The molecule has 0 aromatic carbocycles. The van der Waals surface area contributed by atoms with Gasteiger partial charge in [-0.25, -0.2) is 0 Å². The molecule has 84 valence electrons. The maximum absolute atomic E-state index is 5.87. The Morgan fingerprint density at radius 1 is 1.40 bits per heavy atom. The lowest BCUT2D eigenvalue weighted by molar-refractivity contribution is -0.333. The van der Waals surface area contributed by atoms with Crippen LogP contribution in [0.25, 0.3) is 0 Å². The molecule has 1 aliphatic heterocycles. The Morgan fingerprint density at radius 2 is 2.20 bits per heavy atom. The molecule has 3 heteroatoms. The molecular formula is C12H18O3. The molecule has 1 spiro atoms. The summed E-state index contributed by atoms with van der Waals surface area (Å²) >= 11 is 0. The van der Waals surface area contributed by atoms with Gasteiger partial charge in [0.2, 0.25) is 0 Å². The zero-order chi connectivity index (χ0) is 10.4. The summed E-state index contributed by atoms with van der Waals surface area (Å²) in [5.41, 5.74) is 0.0903. The van der Waals surface area contributed by atoms with Crippen molar-refractivity contribution in [2.24, 2.45) is 11.3 Å². The van der Waals surface area contributed by atoms with Gasteiger partial charge < -0.3 is 14.2 Å². The molecule has 0 N–H and O–H groups in total. The van der Waals surface area contributed by atoms with Crippen molar-refractivity contribution in [3.05, 3.63) is 12.2 Å². The van der Waals surface area contributed by atoms with Crippen molar-refractivity contribution in [1.82, 2.24) is 0 Å². The Bertz CT molecular complexity index is 281. The Labute approximate surface area is 90.4 Å². The standard InChI is InChI=1S/C12H18O3/c1-13-9-11-5-3-2-4-10(11)8-12(11)14-6-7-15-12/h2,4,10H,3,5-9H2,1H3/t10-,11+/m1/s1. The zero-order valence-corrected chi connectivity index (χ0v) is 9.20. The average molecular weight is 210 g/mol. The zero-order valence-electron chi connectivity index (χ0n) is 9.20. The third-order valence-corrected chi connectivity index (χ3v) is 4.24. The molecule has 2 aliphatic carbocycles. The Morgan fingerprint density at radius 3 is 2.87 bits per heavy atom. The van der Waals surface area contributed by atoms with Gasteiger partial charge in [-0.15, -0.1) is 0 Å². The Balaban J connectivity index is 1.90. The number of rotatable bonds is 2. The molecule has 2 atom stereocenters. The van der Waals surface area contributed by atoms with Gasteiger partial charge in [0.15, 0.2) is 5.79 Å². The molecule has 0 aromatic rings. The SMILES string of the molecule is COC[C@@]12CCC=C[C@@H]1CC21OCCO1. The normalized spacial score (nSPS) is 41.5. The van der Waals surface area contributed by atoms with Gasteiger partial charge in [-0.1, -0.05) is 12.2 Å². The van der Waals surface area contributed by atoms with Crippen LogP contribution < -0.4 is 0 Å². The minimum Gasteiger partial charge on any atom is -0.384 e. The minimum absolute atomic E-state index is 0.0903. The van der Waals surface area contributed by atoms with Crippen molar-refractivity contribution in [3.63, 3.8) is 0 Å². The first-order valence-electron chi connectivity index (χ1n) is 5.77. The summed E-state index contributed by atoms with van der Waals surface area (Å²) < 4.78 is 17.1. The van der Waals surface area contributed by atoms with Crippen LogP contribution in [-0.4, -0.2) is 32.7 Å². The summed E-state index contributed by atoms with van der Waals surface area (Å²) in [5.74, 6) is 0.266. The van der Waals surface area contributed by atoms with Crippen LogP contribution in [0, 0.1) is 11.3 Å². The summed E-state index contributed by atoms with van der Waals surface area (Å²) in [6, 6.07) is 0. The molecule has 15 heavy (non-hydrogen) atoms. The smallest absolute Gasteiger partial charge is 0.177 e. The van der Waals surface area contributed by atoms with Crippen LogP contribution in [0.15, 0.2) is 12.2 Å². The van der Waals surface area contributed by atoms with Crippen molar-refractivity contribution in [2.45, 2.75) is 25.0 Å². The Kier molecular flexibility index (Phi) is 2.16. The van der Waals surface area contributed by atoms with Crippen LogP contribution in [0.5, 0.6) is 0 Å². The van der Waals surface area contributed by atoms with Crippen LogP contribution in [0.1, 0.15) is 19.3 Å². The fourth-order valence-electron chi connectivity index (χ4n) is 3.48. The summed E-state index contributed by atoms with van der Waals surface area (Å²) in [6.07, 6.45) is 7.85. The van der Waals surface area contributed by atoms with Gasteiger partial charge in [0.1, 0.15) is 0 Å². The van der Waals surface area contributed by atoms with Crippen molar-refractivity contribution in [3.8, 4) is 0 Å². The third-order valence-electron chi connectivity index (χ3n) is 4.24. The lowest BCUT2D eigenvalue weighted by atomic mass is 9.52. The van der Waals surface area contributed by atoms with E-state index in [0.29, 0.717) is 5.92 Å². The van der Waals surface area contributed by atoms with Gasteiger partial charge in [0.25, 0.3) is 0 Å². The topological polar surface area (TPSA) is 27.7 Å². The molecule has 1 heterocycles. The predicted molar refractivity (Wildman–Crippen MR) is 55.4 cm³/mol. The third kappa shape index (κ3) is 1.11. The monoisotopic (exact) mass is 210 g/mol. The van der Waals surface area contributed by atoms with E-state index in [2.05, 4.69) is 12.2 Å². The summed E-state index contributed by atoms with van der Waals surface area (Å²) in [7, 11) is 1.77. The number of allylic oxidation sites excluding steroid dienone is 2. The maximum atomic E-state index is 5.87. The number of ether oxygens (including phenoxy) is 3. The van der Waals surface area contributed by atoms with Gasteiger partial charge >= 0.3 is 0 Å². The fourth-order valence-corrected chi connectivity index (χ4v) is 3.48. The van der Waals surface area contributed by atoms with Crippen LogP contribution >= 0.6 is 0 Å². The highest BCUT2D eigenvalue weighted by Crippen LogP contribution is 2.63. The largest absolute Gasteiger partial charge is 0.384 e. The molecule has 2 fully saturated rings. The van der Waals surface area contributed by atoms with E-state index in [9.17, 15) is 0 Å². The van der Waals surface area contributed by atoms with Gasteiger partial charge in [-0.2, -0.15) is 0 Å². The first-order valence-corrected chi connectivity index (χ1v) is 5.77. The molecular weight excluding hydrogens is 192 g/mol. The first-order chi connectivity index (χ1) is 7.33. The minimum atomic E-state index is -0.321. The number of hydrogen-bond donors (Lipinski definition) is 0. The van der Waals surface area contributed by atoms with E-state index in [1.54, 1.807) is 7.11 Å². The average Bonchev–Trinajstić information content (AvgIpc) is 2.72. The second-order valence-electron chi connectivity index (χ2n) is 4.82. The summed E-state index contributed by atoms with van der Waals surface area (Å²) in [5, 5.41) is 0. The van der Waals surface area contributed by atoms with E-state index in [1.165, 1.54) is 0 Å². The quantitative estimate of drug-likeness (QED) is 0.650. The molecule has 3 aliphatic rings. The van der Waals surface area contributed by atoms with Gasteiger partial charge in [0, 0.05) is 13.5 Å². The van der Waals surface area contributed by atoms with Gasteiger partial charge in [-0.3, -0.25) is 0 Å². The highest BCUT2D eigenvalue weighted by Gasteiger charge is 2.68. The van der Waals surface area contributed by atoms with E-state index in [0.717, 1.165) is 39.1 Å². The second-order valence-corrected chi connectivity index (χ2v) is 4.82. The lowest BCUT2D eigenvalue weighted by Crippen LogP contribution is -2.66. The van der Waals surface area contributed by atoms with Crippen LogP contribution in [-0.2, 0) is 14.2 Å². The molecule has 1 saturated carbocycles. The molecule has 0 aromatic heterocycles. The maximum Gasteiger partial charge on any atom is 0.177 e. The van der Waals surface area contributed by atoms with E-state index < -0.39 is 0 Å². The number of methoxy groups -OCH3 is 1. The summed E-state index contributed by atoms with van der Waals surface area (Å²) in [6.45, 7) is 2.23. The van der Waals surface area contributed by atoms with E-state index in [-0.39, 0.29) is 11.2 Å². The second kappa shape index (κ2) is 3.30. The lowest BCUT2D eigenvalue weighted by Gasteiger charge is -2.61. The van der Waals surface area contributed by atoms with Crippen LogP contribution in [0.3, 0.4) is 0 Å². The Hall–Kier alpha value is -0.380. The number of fused-ring (bicyclic) bond motifs is 2. The van der Waals surface area contributed by atoms with E-state index in [4.69, 9.17) is 14.2 Å². The molecule has 0 unspecified atom stereocenters. The highest BCUT2D eigenvalue weighted by atomic mass is 16.7. The molecule has 3 nitrogen and oxygen atoms in total. The van der Waals surface area contributed by atoms with Gasteiger partial charge in [0.05, 0.1) is 25.2 Å². The van der Waals surface area contributed by atoms with Crippen molar-refractivity contribution < 1.29 is 14.2 Å². The molecule has 0 bridgehead atoms. The summed E-state index contributed by atoms with van der Waals surface area (Å²) in [4.78, 5) is 0. The van der Waals surface area contributed by atoms with E-state index in [1.807, 2.05) is 0 Å².